The highest BCUT2D eigenvalue weighted by Crippen LogP contribution is 2.67. The van der Waals surface area contributed by atoms with E-state index in [1.54, 1.807) is 0 Å². The molecule has 180 valence electrons. The van der Waals surface area contributed by atoms with Crippen LogP contribution >= 0.6 is 0 Å². The summed E-state index contributed by atoms with van der Waals surface area (Å²) >= 11 is 0. The summed E-state index contributed by atoms with van der Waals surface area (Å²) in [6, 6.07) is 15.4. The first-order chi connectivity index (χ1) is 16.7. The zero-order chi connectivity index (χ0) is 24.3. The van der Waals surface area contributed by atoms with E-state index in [2.05, 4.69) is 84.0 Å². The molecule has 3 aromatic rings. The number of pyridine rings is 3. The second kappa shape index (κ2) is 7.02. The summed E-state index contributed by atoms with van der Waals surface area (Å²) in [5.41, 5.74) is 10.3. The smallest absolute Gasteiger partial charge is 0.0894 e. The maximum absolute atomic E-state index is 5.29. The SMILES string of the molecule is CC(C)[C@H]1c2nc(-c3cccc(-c4ccc5c(n4)C[C@@H]4C[C@H]5C4(C)C)n3)ccc2[C@H]2C[C@@H]1C2(C)C. The van der Waals surface area contributed by atoms with Crippen molar-refractivity contribution in [1.29, 1.82) is 0 Å². The number of rotatable bonds is 3. The first kappa shape index (κ1) is 21.7. The van der Waals surface area contributed by atoms with Gasteiger partial charge in [0.05, 0.1) is 22.8 Å². The molecule has 6 aliphatic rings. The van der Waals surface area contributed by atoms with Gasteiger partial charge >= 0.3 is 0 Å². The molecule has 4 bridgehead atoms. The van der Waals surface area contributed by atoms with Crippen LogP contribution in [0.5, 0.6) is 0 Å². The van der Waals surface area contributed by atoms with Crippen LogP contribution in [0.15, 0.2) is 42.5 Å². The fourth-order valence-corrected chi connectivity index (χ4v) is 8.24. The van der Waals surface area contributed by atoms with Crippen LogP contribution in [-0.4, -0.2) is 15.0 Å². The van der Waals surface area contributed by atoms with Crippen LogP contribution < -0.4 is 0 Å². The van der Waals surface area contributed by atoms with E-state index >= 15 is 0 Å². The van der Waals surface area contributed by atoms with Crippen molar-refractivity contribution in [3.8, 4) is 22.8 Å². The van der Waals surface area contributed by atoms with Gasteiger partial charge in [-0.1, -0.05) is 59.7 Å². The molecule has 35 heavy (non-hydrogen) atoms. The van der Waals surface area contributed by atoms with Gasteiger partial charge in [-0.15, -0.1) is 0 Å². The number of aromatic nitrogens is 3. The third-order valence-electron chi connectivity index (χ3n) is 10.7. The standard InChI is InChI=1S/C32H37N3/c1-17(2)29-23-16-22(32(23,5)6)20-11-13-27(35-30(20)29)25-9-7-8-24(33-25)26-12-10-19-21-14-18(31(21,3)4)15-28(19)34-26/h7-13,17-18,21-23,29H,14-16H2,1-6H3/t18-,21+,22+,23-,29+/m0/s1. The first-order valence-corrected chi connectivity index (χ1v) is 13.6. The van der Waals surface area contributed by atoms with E-state index in [1.165, 1.54) is 35.4 Å². The van der Waals surface area contributed by atoms with E-state index in [1.807, 2.05) is 0 Å². The average Bonchev–Trinajstić information content (AvgIpc) is 2.86. The Hall–Kier alpha value is -2.55. The largest absolute Gasteiger partial charge is 0.251 e. The van der Waals surface area contributed by atoms with Gasteiger partial charge in [0.2, 0.25) is 0 Å². The number of hydrogen-bond acceptors (Lipinski definition) is 3. The third-order valence-corrected chi connectivity index (χ3v) is 10.7. The van der Waals surface area contributed by atoms with Gasteiger partial charge in [0, 0.05) is 17.3 Å². The Kier molecular flexibility index (Phi) is 4.35. The maximum Gasteiger partial charge on any atom is 0.0894 e. The molecule has 2 fully saturated rings. The molecule has 3 heteroatoms. The molecule has 0 amide bonds. The van der Waals surface area contributed by atoms with Gasteiger partial charge in [-0.25, -0.2) is 4.98 Å². The van der Waals surface area contributed by atoms with Crippen LogP contribution in [0.3, 0.4) is 0 Å². The minimum Gasteiger partial charge on any atom is -0.251 e. The Bertz CT molecular complexity index is 1350. The molecule has 0 unspecified atom stereocenters. The van der Waals surface area contributed by atoms with Crippen LogP contribution in [-0.2, 0) is 6.42 Å². The van der Waals surface area contributed by atoms with Crippen molar-refractivity contribution in [3.63, 3.8) is 0 Å². The highest BCUT2D eigenvalue weighted by Gasteiger charge is 2.58. The van der Waals surface area contributed by atoms with Gasteiger partial charge in [-0.3, -0.25) is 9.97 Å². The van der Waals surface area contributed by atoms with Crippen LogP contribution in [0.1, 0.15) is 94.7 Å². The van der Waals surface area contributed by atoms with Crippen molar-refractivity contribution in [3.05, 3.63) is 65.0 Å². The quantitative estimate of drug-likeness (QED) is 0.398. The van der Waals surface area contributed by atoms with Crippen LogP contribution in [0.25, 0.3) is 22.8 Å². The van der Waals surface area contributed by atoms with Crippen molar-refractivity contribution in [2.75, 3.05) is 0 Å². The zero-order valence-electron chi connectivity index (χ0n) is 22.0. The van der Waals surface area contributed by atoms with Gasteiger partial charge < -0.3 is 0 Å². The Balaban J connectivity index is 1.25. The molecule has 6 aliphatic carbocycles. The highest BCUT2D eigenvalue weighted by atomic mass is 14.9. The monoisotopic (exact) mass is 463 g/mol. The average molecular weight is 464 g/mol. The topological polar surface area (TPSA) is 38.7 Å². The van der Waals surface area contributed by atoms with E-state index in [9.17, 15) is 0 Å². The molecular formula is C32H37N3. The normalized spacial score (nSPS) is 30.7. The van der Waals surface area contributed by atoms with Crippen LogP contribution in [0.4, 0.5) is 0 Å². The molecule has 2 saturated carbocycles. The minimum absolute atomic E-state index is 0.386. The molecule has 3 nitrogen and oxygen atoms in total. The van der Waals surface area contributed by atoms with Gasteiger partial charge in [-0.2, -0.15) is 0 Å². The number of nitrogens with zero attached hydrogens (tertiary/aromatic N) is 3. The highest BCUT2D eigenvalue weighted by molar-refractivity contribution is 5.63. The second-order valence-corrected chi connectivity index (χ2v) is 13.3. The molecule has 0 radical (unpaired) electrons. The van der Waals surface area contributed by atoms with E-state index in [0.29, 0.717) is 34.5 Å². The lowest BCUT2D eigenvalue weighted by Crippen LogP contribution is -2.51. The summed E-state index contributed by atoms with van der Waals surface area (Å²) in [7, 11) is 0. The third kappa shape index (κ3) is 2.87. The van der Waals surface area contributed by atoms with Crippen molar-refractivity contribution >= 4 is 0 Å². The van der Waals surface area contributed by atoms with Gasteiger partial charge in [0.15, 0.2) is 0 Å². The van der Waals surface area contributed by atoms with Crippen molar-refractivity contribution < 1.29 is 0 Å². The Labute approximate surface area is 209 Å². The lowest BCUT2D eigenvalue weighted by Gasteiger charge is -2.61. The molecule has 0 saturated heterocycles. The predicted octanol–water partition coefficient (Wildman–Crippen LogP) is 7.77. The first-order valence-electron chi connectivity index (χ1n) is 13.6. The van der Waals surface area contributed by atoms with Crippen molar-refractivity contribution in [1.82, 2.24) is 15.0 Å². The van der Waals surface area contributed by atoms with Crippen LogP contribution in [0, 0.1) is 28.6 Å². The summed E-state index contributed by atoms with van der Waals surface area (Å²) in [6.07, 6.45) is 3.75. The van der Waals surface area contributed by atoms with Crippen LogP contribution in [0.2, 0.25) is 0 Å². The summed E-state index contributed by atoms with van der Waals surface area (Å²) < 4.78 is 0. The molecule has 0 spiro atoms. The summed E-state index contributed by atoms with van der Waals surface area (Å²) in [5.74, 6) is 3.95. The molecule has 0 aromatic carbocycles. The summed E-state index contributed by atoms with van der Waals surface area (Å²) in [4.78, 5) is 15.5. The molecule has 5 atom stereocenters. The lowest BCUT2D eigenvalue weighted by atomic mass is 9.43. The van der Waals surface area contributed by atoms with Gasteiger partial charge in [-0.05, 0) is 95.1 Å². The minimum atomic E-state index is 0.386. The Morgan fingerprint density at radius 3 is 2.00 bits per heavy atom. The summed E-state index contributed by atoms with van der Waals surface area (Å²) in [5, 5.41) is 0. The fourth-order valence-electron chi connectivity index (χ4n) is 8.24. The van der Waals surface area contributed by atoms with Crippen molar-refractivity contribution in [2.24, 2.45) is 28.6 Å². The van der Waals surface area contributed by atoms with E-state index in [0.717, 1.165) is 41.0 Å². The number of hydrogen-bond donors (Lipinski definition) is 0. The Morgan fingerprint density at radius 2 is 1.34 bits per heavy atom. The fraction of sp³-hybridized carbons (Fsp3) is 0.531. The zero-order valence-corrected chi connectivity index (χ0v) is 22.0. The van der Waals surface area contributed by atoms with E-state index < -0.39 is 0 Å². The second-order valence-electron chi connectivity index (χ2n) is 13.3. The molecule has 0 aliphatic heterocycles. The molecule has 3 heterocycles. The van der Waals surface area contributed by atoms with E-state index in [-0.39, 0.29) is 0 Å². The van der Waals surface area contributed by atoms with Gasteiger partial charge in [0.1, 0.15) is 0 Å². The van der Waals surface area contributed by atoms with Crippen molar-refractivity contribution in [2.45, 2.75) is 78.6 Å². The lowest BCUT2D eigenvalue weighted by molar-refractivity contribution is -0.0198. The maximum atomic E-state index is 5.29. The van der Waals surface area contributed by atoms with Gasteiger partial charge in [0.25, 0.3) is 0 Å². The molecule has 0 N–H and O–H groups in total. The van der Waals surface area contributed by atoms with E-state index in [4.69, 9.17) is 15.0 Å². The molecule has 9 rings (SSSR count). The summed E-state index contributed by atoms with van der Waals surface area (Å²) in [6.45, 7) is 14.5. The predicted molar refractivity (Wildman–Crippen MR) is 141 cm³/mol. The molecular weight excluding hydrogens is 426 g/mol. The Morgan fingerprint density at radius 1 is 0.714 bits per heavy atom. The molecule has 3 aromatic heterocycles.